The molecule has 0 aliphatic carbocycles. The van der Waals surface area contributed by atoms with E-state index in [4.69, 9.17) is 11.5 Å². The van der Waals surface area contributed by atoms with Crippen LogP contribution in [0.25, 0.3) is 0 Å². The van der Waals surface area contributed by atoms with Crippen LogP contribution in [0.2, 0.25) is 0 Å². The Labute approximate surface area is 120 Å². The Balaban J connectivity index is 2.01. The highest BCUT2D eigenvalue weighted by Crippen LogP contribution is 2.26. The van der Waals surface area contributed by atoms with Gasteiger partial charge in [-0.3, -0.25) is 9.69 Å². The smallest absolute Gasteiger partial charge is 0.397 e. The largest absolute Gasteiger partial charge is 0.401 e. The fourth-order valence-electron chi connectivity index (χ4n) is 2.40. The van der Waals surface area contributed by atoms with E-state index in [1.54, 1.807) is 12.1 Å². The molecule has 1 fully saturated rings. The molecule has 0 saturated carbocycles. The lowest BCUT2D eigenvalue weighted by molar-refractivity contribution is -0.146. The SMILES string of the molecule is NC(=O)c1ccc(N2CCN(CC(F)(F)F)CC2)c(N)c1. The molecule has 5 nitrogen and oxygen atoms in total. The number of hydrogen-bond acceptors (Lipinski definition) is 4. The zero-order valence-corrected chi connectivity index (χ0v) is 11.4. The Morgan fingerprint density at radius 1 is 1.19 bits per heavy atom. The van der Waals surface area contributed by atoms with Crippen LogP contribution in [0.15, 0.2) is 18.2 Å². The molecular weight excluding hydrogens is 285 g/mol. The number of anilines is 2. The van der Waals surface area contributed by atoms with Crippen molar-refractivity contribution in [1.82, 2.24) is 4.90 Å². The van der Waals surface area contributed by atoms with Crippen LogP contribution >= 0.6 is 0 Å². The molecule has 116 valence electrons. The zero-order chi connectivity index (χ0) is 15.6. The molecular formula is C13H17F3N4O. The molecule has 1 heterocycles. The number of rotatable bonds is 3. The lowest BCUT2D eigenvalue weighted by Gasteiger charge is -2.36. The van der Waals surface area contributed by atoms with E-state index >= 15 is 0 Å². The first-order valence-electron chi connectivity index (χ1n) is 6.49. The van der Waals surface area contributed by atoms with E-state index < -0.39 is 18.6 Å². The highest BCUT2D eigenvalue weighted by molar-refractivity contribution is 5.94. The van der Waals surface area contributed by atoms with Gasteiger partial charge in [0.2, 0.25) is 5.91 Å². The molecule has 0 spiro atoms. The number of nitrogens with two attached hydrogens (primary N) is 2. The third-order valence-corrected chi connectivity index (χ3v) is 3.43. The van der Waals surface area contributed by atoms with Gasteiger partial charge in [0, 0.05) is 31.7 Å². The van der Waals surface area contributed by atoms with Crippen LogP contribution in [-0.2, 0) is 0 Å². The van der Waals surface area contributed by atoms with Crippen LogP contribution in [0.3, 0.4) is 0 Å². The average Bonchev–Trinajstić information content (AvgIpc) is 2.38. The summed E-state index contributed by atoms with van der Waals surface area (Å²) in [5, 5.41) is 0. The zero-order valence-electron chi connectivity index (χ0n) is 11.4. The molecule has 0 aromatic heterocycles. The van der Waals surface area contributed by atoms with Gasteiger partial charge in [0.25, 0.3) is 0 Å². The van der Waals surface area contributed by atoms with E-state index in [-0.39, 0.29) is 0 Å². The van der Waals surface area contributed by atoms with E-state index in [2.05, 4.69) is 0 Å². The fourth-order valence-corrected chi connectivity index (χ4v) is 2.40. The van der Waals surface area contributed by atoms with E-state index in [1.807, 2.05) is 4.90 Å². The number of carbonyl (C=O) groups excluding carboxylic acids is 1. The van der Waals surface area contributed by atoms with E-state index in [0.29, 0.717) is 43.1 Å². The molecule has 0 atom stereocenters. The second-order valence-corrected chi connectivity index (χ2v) is 5.02. The van der Waals surface area contributed by atoms with Crippen LogP contribution in [0.5, 0.6) is 0 Å². The van der Waals surface area contributed by atoms with Gasteiger partial charge in [-0.15, -0.1) is 0 Å². The number of halogens is 3. The molecule has 1 aromatic rings. The Morgan fingerprint density at radius 2 is 1.81 bits per heavy atom. The Bertz CT molecular complexity index is 525. The molecule has 1 aliphatic heterocycles. The summed E-state index contributed by atoms with van der Waals surface area (Å²) in [7, 11) is 0. The number of primary amides is 1. The lowest BCUT2D eigenvalue weighted by Crippen LogP contribution is -2.49. The Morgan fingerprint density at radius 3 is 2.29 bits per heavy atom. The second kappa shape index (κ2) is 5.80. The predicted octanol–water partition coefficient (Wildman–Crippen LogP) is 1.05. The summed E-state index contributed by atoms with van der Waals surface area (Å²) in [6, 6.07) is 4.73. The number of nitrogen functional groups attached to an aromatic ring is 1. The molecule has 4 N–H and O–H groups in total. The van der Waals surface area contributed by atoms with Gasteiger partial charge < -0.3 is 16.4 Å². The van der Waals surface area contributed by atoms with Crippen molar-refractivity contribution in [1.29, 1.82) is 0 Å². The minimum absolute atomic E-state index is 0.312. The van der Waals surface area contributed by atoms with Crippen molar-refractivity contribution < 1.29 is 18.0 Å². The summed E-state index contributed by atoms with van der Waals surface area (Å²) < 4.78 is 37.0. The first-order chi connectivity index (χ1) is 9.76. The van der Waals surface area contributed by atoms with Crippen molar-refractivity contribution in [2.75, 3.05) is 43.4 Å². The van der Waals surface area contributed by atoms with Crippen molar-refractivity contribution in [3.63, 3.8) is 0 Å². The van der Waals surface area contributed by atoms with Crippen molar-refractivity contribution in [3.8, 4) is 0 Å². The molecule has 1 aromatic carbocycles. The summed E-state index contributed by atoms with van der Waals surface area (Å²) in [5.74, 6) is -0.566. The van der Waals surface area contributed by atoms with Gasteiger partial charge in [-0.2, -0.15) is 13.2 Å². The minimum Gasteiger partial charge on any atom is -0.397 e. The van der Waals surface area contributed by atoms with Crippen molar-refractivity contribution >= 4 is 17.3 Å². The molecule has 0 bridgehead atoms. The van der Waals surface area contributed by atoms with E-state index in [1.165, 1.54) is 11.0 Å². The Hall–Kier alpha value is -1.96. The maximum Gasteiger partial charge on any atom is 0.401 e. The minimum atomic E-state index is -4.18. The van der Waals surface area contributed by atoms with Gasteiger partial charge in [-0.05, 0) is 18.2 Å². The van der Waals surface area contributed by atoms with Crippen molar-refractivity contribution in [2.24, 2.45) is 5.73 Å². The molecule has 1 amide bonds. The molecule has 1 saturated heterocycles. The number of piperazine rings is 1. The van der Waals surface area contributed by atoms with E-state index in [9.17, 15) is 18.0 Å². The van der Waals surface area contributed by atoms with Crippen LogP contribution in [-0.4, -0.2) is 49.7 Å². The first-order valence-corrected chi connectivity index (χ1v) is 6.49. The lowest BCUT2D eigenvalue weighted by atomic mass is 10.1. The molecule has 0 unspecified atom stereocenters. The normalized spacial score (nSPS) is 17.0. The summed E-state index contributed by atoms with van der Waals surface area (Å²) in [5.41, 5.74) is 12.5. The second-order valence-electron chi connectivity index (χ2n) is 5.02. The quantitative estimate of drug-likeness (QED) is 0.819. The molecule has 2 rings (SSSR count). The number of carbonyl (C=O) groups is 1. The molecule has 1 aliphatic rings. The number of nitrogens with zero attached hydrogens (tertiary/aromatic N) is 2. The molecule has 21 heavy (non-hydrogen) atoms. The van der Waals surface area contributed by atoms with Crippen LogP contribution in [0.4, 0.5) is 24.5 Å². The van der Waals surface area contributed by atoms with Gasteiger partial charge in [-0.1, -0.05) is 0 Å². The number of alkyl halides is 3. The summed E-state index contributed by atoms with van der Waals surface area (Å²) in [4.78, 5) is 14.3. The predicted molar refractivity (Wildman–Crippen MR) is 74.1 cm³/mol. The van der Waals surface area contributed by atoms with Gasteiger partial charge in [0.15, 0.2) is 0 Å². The van der Waals surface area contributed by atoms with Crippen molar-refractivity contribution in [2.45, 2.75) is 6.18 Å². The third kappa shape index (κ3) is 4.01. The standard InChI is InChI=1S/C13H17F3N4O/c14-13(15,16)8-19-3-5-20(6-4-19)11-2-1-9(12(18)21)7-10(11)17/h1-2,7H,3-6,8,17H2,(H2,18,21). The summed E-state index contributed by atoms with van der Waals surface area (Å²) in [6.45, 7) is 0.649. The molecule has 0 radical (unpaired) electrons. The van der Waals surface area contributed by atoms with Crippen LogP contribution in [0, 0.1) is 0 Å². The van der Waals surface area contributed by atoms with Crippen molar-refractivity contribution in [3.05, 3.63) is 23.8 Å². The third-order valence-electron chi connectivity index (χ3n) is 3.43. The van der Waals surface area contributed by atoms with E-state index in [0.717, 1.165) is 0 Å². The summed E-state index contributed by atoms with van der Waals surface area (Å²) >= 11 is 0. The Kier molecular flexibility index (Phi) is 4.26. The average molecular weight is 302 g/mol. The summed E-state index contributed by atoms with van der Waals surface area (Å²) in [6.07, 6.45) is -4.18. The van der Waals surface area contributed by atoms with Gasteiger partial charge in [-0.25, -0.2) is 0 Å². The van der Waals surface area contributed by atoms with Gasteiger partial charge in [0.05, 0.1) is 17.9 Å². The fraction of sp³-hybridized carbons (Fsp3) is 0.462. The van der Waals surface area contributed by atoms with Gasteiger partial charge >= 0.3 is 6.18 Å². The highest BCUT2D eigenvalue weighted by Gasteiger charge is 2.32. The maximum absolute atomic E-state index is 12.3. The number of benzene rings is 1. The van der Waals surface area contributed by atoms with Crippen LogP contribution in [0.1, 0.15) is 10.4 Å². The van der Waals surface area contributed by atoms with Crippen LogP contribution < -0.4 is 16.4 Å². The monoisotopic (exact) mass is 302 g/mol. The number of hydrogen-bond donors (Lipinski definition) is 2. The topological polar surface area (TPSA) is 75.6 Å². The number of amides is 1. The molecule has 8 heteroatoms. The highest BCUT2D eigenvalue weighted by atomic mass is 19.4. The first kappa shape index (κ1) is 15.4. The maximum atomic E-state index is 12.3. The van der Waals surface area contributed by atoms with Gasteiger partial charge in [0.1, 0.15) is 0 Å².